The lowest BCUT2D eigenvalue weighted by Gasteiger charge is -2.12. The van der Waals surface area contributed by atoms with Gasteiger partial charge in [-0.05, 0) is 21.8 Å². The molecule has 2 N–H and O–H groups in total. The van der Waals surface area contributed by atoms with Crippen molar-refractivity contribution >= 4 is 21.7 Å². The molecule has 0 spiro atoms. The molecule has 2 rings (SSSR count). The number of halogens is 1. The number of nitrogen functional groups attached to an aromatic ring is 1. The van der Waals surface area contributed by atoms with Crippen molar-refractivity contribution in [2.45, 2.75) is 19.9 Å². The van der Waals surface area contributed by atoms with Crippen molar-refractivity contribution in [1.29, 1.82) is 5.26 Å². The SMILES string of the molecule is CC(C)C(C#N)n1cc(Oc2nc(Br)cnc2N)cn1. The minimum Gasteiger partial charge on any atom is -0.433 e. The Hall–Kier alpha value is -2.14. The first-order chi connectivity index (χ1) is 9.51. The lowest BCUT2D eigenvalue weighted by molar-refractivity contribution is 0.419. The average molecular weight is 337 g/mol. The maximum Gasteiger partial charge on any atom is 0.263 e. The van der Waals surface area contributed by atoms with Gasteiger partial charge in [0.25, 0.3) is 5.88 Å². The van der Waals surface area contributed by atoms with E-state index in [0.29, 0.717) is 10.4 Å². The second-order valence-electron chi connectivity index (χ2n) is 4.46. The Morgan fingerprint density at radius 1 is 1.45 bits per heavy atom. The van der Waals surface area contributed by atoms with E-state index >= 15 is 0 Å². The maximum absolute atomic E-state index is 9.13. The van der Waals surface area contributed by atoms with Crippen molar-refractivity contribution in [2.75, 3.05) is 5.73 Å². The normalized spacial score (nSPS) is 12.2. The number of anilines is 1. The van der Waals surface area contributed by atoms with E-state index in [2.05, 4.69) is 37.1 Å². The van der Waals surface area contributed by atoms with Crippen molar-refractivity contribution in [3.63, 3.8) is 0 Å². The molecule has 2 heterocycles. The summed E-state index contributed by atoms with van der Waals surface area (Å²) < 4.78 is 7.60. The molecule has 0 aliphatic carbocycles. The number of rotatable bonds is 4. The second kappa shape index (κ2) is 5.88. The molecule has 0 bridgehead atoms. The van der Waals surface area contributed by atoms with Crippen LogP contribution in [0.2, 0.25) is 0 Å². The van der Waals surface area contributed by atoms with Gasteiger partial charge in [-0.15, -0.1) is 0 Å². The molecule has 1 atom stereocenters. The van der Waals surface area contributed by atoms with Crippen LogP contribution in [-0.2, 0) is 0 Å². The summed E-state index contributed by atoms with van der Waals surface area (Å²) in [4.78, 5) is 8.01. The highest BCUT2D eigenvalue weighted by Crippen LogP contribution is 2.26. The Bertz CT molecular complexity index is 648. The van der Waals surface area contributed by atoms with Crippen LogP contribution in [0.5, 0.6) is 11.6 Å². The summed E-state index contributed by atoms with van der Waals surface area (Å²) in [6.07, 6.45) is 4.63. The van der Waals surface area contributed by atoms with Gasteiger partial charge >= 0.3 is 0 Å². The Balaban J connectivity index is 2.22. The molecule has 2 aromatic rings. The minimum atomic E-state index is -0.349. The molecule has 7 nitrogen and oxygen atoms in total. The van der Waals surface area contributed by atoms with Crippen molar-refractivity contribution in [1.82, 2.24) is 19.7 Å². The lowest BCUT2D eigenvalue weighted by atomic mass is 10.1. The van der Waals surface area contributed by atoms with E-state index in [4.69, 9.17) is 15.7 Å². The molecule has 0 fully saturated rings. The van der Waals surface area contributed by atoms with Gasteiger partial charge in [-0.1, -0.05) is 13.8 Å². The fourth-order valence-corrected chi connectivity index (χ4v) is 1.85. The van der Waals surface area contributed by atoms with E-state index in [1.165, 1.54) is 12.4 Å². The van der Waals surface area contributed by atoms with Crippen molar-refractivity contribution in [2.24, 2.45) is 5.92 Å². The number of ether oxygens (including phenoxy) is 1. The molecule has 0 aromatic carbocycles. The van der Waals surface area contributed by atoms with Gasteiger partial charge in [-0.3, -0.25) is 4.68 Å². The fourth-order valence-electron chi connectivity index (χ4n) is 1.59. The second-order valence-corrected chi connectivity index (χ2v) is 5.27. The van der Waals surface area contributed by atoms with Gasteiger partial charge in [0.2, 0.25) is 0 Å². The Kier molecular flexibility index (Phi) is 4.20. The van der Waals surface area contributed by atoms with Gasteiger partial charge in [-0.2, -0.15) is 10.4 Å². The van der Waals surface area contributed by atoms with E-state index in [0.717, 1.165) is 0 Å². The van der Waals surface area contributed by atoms with Crippen LogP contribution >= 0.6 is 15.9 Å². The van der Waals surface area contributed by atoms with Crippen molar-refractivity contribution in [3.05, 3.63) is 23.2 Å². The average Bonchev–Trinajstić information content (AvgIpc) is 2.82. The van der Waals surface area contributed by atoms with Crippen LogP contribution in [-0.4, -0.2) is 19.7 Å². The van der Waals surface area contributed by atoms with Gasteiger partial charge in [0, 0.05) is 0 Å². The Morgan fingerprint density at radius 3 is 2.85 bits per heavy atom. The Morgan fingerprint density at radius 2 is 2.20 bits per heavy atom. The van der Waals surface area contributed by atoms with E-state index in [-0.39, 0.29) is 23.7 Å². The third-order valence-corrected chi connectivity index (χ3v) is 2.96. The maximum atomic E-state index is 9.13. The van der Waals surface area contributed by atoms with Crippen LogP contribution in [0.3, 0.4) is 0 Å². The predicted octanol–water partition coefficient (Wildman–Crippen LogP) is 2.53. The first kappa shape index (κ1) is 14.3. The molecule has 1 unspecified atom stereocenters. The summed E-state index contributed by atoms with van der Waals surface area (Å²) in [5, 5.41) is 13.3. The molecular weight excluding hydrogens is 324 g/mol. The zero-order valence-corrected chi connectivity index (χ0v) is 12.6. The standard InChI is InChI=1S/C12H13BrN6O/c1-7(2)9(3-14)19-6-8(4-17-19)20-12-11(15)16-5-10(13)18-12/h4-7,9H,1-2H3,(H2,15,16). The van der Waals surface area contributed by atoms with Gasteiger partial charge in [0.1, 0.15) is 10.6 Å². The molecular formula is C12H13BrN6O. The van der Waals surface area contributed by atoms with Crippen LogP contribution in [0, 0.1) is 17.2 Å². The molecule has 0 saturated carbocycles. The number of nitrogens with zero attached hydrogens (tertiary/aromatic N) is 5. The highest BCUT2D eigenvalue weighted by Gasteiger charge is 2.16. The summed E-state index contributed by atoms with van der Waals surface area (Å²) in [6, 6.07) is 1.85. The molecule has 0 aliphatic rings. The smallest absolute Gasteiger partial charge is 0.263 e. The van der Waals surface area contributed by atoms with Crippen molar-refractivity contribution in [3.8, 4) is 17.7 Å². The monoisotopic (exact) mass is 336 g/mol. The topological polar surface area (TPSA) is 103 Å². The molecule has 8 heteroatoms. The van der Waals surface area contributed by atoms with Crippen molar-refractivity contribution < 1.29 is 4.74 Å². The van der Waals surface area contributed by atoms with Gasteiger partial charge in [0.15, 0.2) is 11.6 Å². The molecule has 2 aromatic heterocycles. The quantitative estimate of drug-likeness (QED) is 0.920. The minimum absolute atomic E-state index is 0.142. The van der Waals surface area contributed by atoms with Gasteiger partial charge < -0.3 is 10.5 Å². The summed E-state index contributed by atoms with van der Waals surface area (Å²) in [7, 11) is 0. The highest BCUT2D eigenvalue weighted by atomic mass is 79.9. The summed E-state index contributed by atoms with van der Waals surface area (Å²) in [6.45, 7) is 3.90. The van der Waals surface area contributed by atoms with E-state index in [1.54, 1.807) is 10.9 Å². The molecule has 0 amide bonds. The molecule has 0 saturated heterocycles. The van der Waals surface area contributed by atoms with E-state index in [1.807, 2.05) is 13.8 Å². The fraction of sp³-hybridized carbons (Fsp3) is 0.333. The number of nitriles is 1. The molecule has 0 aliphatic heterocycles. The van der Waals surface area contributed by atoms with E-state index in [9.17, 15) is 0 Å². The first-order valence-electron chi connectivity index (χ1n) is 5.91. The predicted molar refractivity (Wildman–Crippen MR) is 75.9 cm³/mol. The molecule has 20 heavy (non-hydrogen) atoms. The molecule has 104 valence electrons. The summed E-state index contributed by atoms with van der Waals surface area (Å²) in [5.74, 6) is 0.965. The van der Waals surface area contributed by atoms with Crippen LogP contribution in [0.4, 0.5) is 5.82 Å². The zero-order valence-electron chi connectivity index (χ0n) is 11.0. The lowest BCUT2D eigenvalue weighted by Crippen LogP contribution is -2.13. The van der Waals surface area contributed by atoms with Crippen LogP contribution in [0.15, 0.2) is 23.2 Å². The zero-order chi connectivity index (χ0) is 14.7. The van der Waals surface area contributed by atoms with Gasteiger partial charge in [-0.25, -0.2) is 9.97 Å². The number of aromatic nitrogens is 4. The first-order valence-corrected chi connectivity index (χ1v) is 6.70. The largest absolute Gasteiger partial charge is 0.433 e. The van der Waals surface area contributed by atoms with Crippen LogP contribution in [0.25, 0.3) is 0 Å². The van der Waals surface area contributed by atoms with Crippen LogP contribution in [0.1, 0.15) is 19.9 Å². The summed E-state index contributed by atoms with van der Waals surface area (Å²) in [5.41, 5.74) is 5.68. The number of hydrogen-bond acceptors (Lipinski definition) is 6. The third kappa shape index (κ3) is 3.05. The van der Waals surface area contributed by atoms with Crippen LogP contribution < -0.4 is 10.5 Å². The van der Waals surface area contributed by atoms with E-state index < -0.39 is 0 Å². The number of nitrogens with two attached hydrogens (primary N) is 1. The molecule has 0 radical (unpaired) electrons. The van der Waals surface area contributed by atoms with Gasteiger partial charge in [0.05, 0.1) is 24.7 Å². The summed E-state index contributed by atoms with van der Waals surface area (Å²) >= 11 is 3.20. The highest BCUT2D eigenvalue weighted by molar-refractivity contribution is 9.10. The number of hydrogen-bond donors (Lipinski definition) is 1. The third-order valence-electron chi connectivity index (χ3n) is 2.58. The Labute approximate surface area is 124 Å².